The van der Waals surface area contributed by atoms with Crippen molar-refractivity contribution in [2.24, 2.45) is 0 Å². The van der Waals surface area contributed by atoms with E-state index in [2.05, 4.69) is 4.98 Å². The molecule has 1 saturated carbocycles. The highest BCUT2D eigenvalue weighted by molar-refractivity contribution is 8.13. The number of hydrogen-bond donors (Lipinski definition) is 0. The fraction of sp³-hybridized carbons (Fsp3) is 0.786. The number of aromatic nitrogens is 2. The van der Waals surface area contributed by atoms with Gasteiger partial charge in [0.25, 0.3) is 9.05 Å². The number of ether oxygens (including phenoxy) is 1. The van der Waals surface area contributed by atoms with E-state index >= 15 is 0 Å². The van der Waals surface area contributed by atoms with Gasteiger partial charge in [-0.3, -0.25) is 0 Å². The van der Waals surface area contributed by atoms with Gasteiger partial charge in [-0.1, -0.05) is 19.8 Å². The molecule has 118 valence electrons. The molecule has 1 saturated heterocycles. The molecule has 0 aromatic carbocycles. The molecule has 0 N–H and O–H groups in total. The number of nitrogens with zero attached hydrogens (tertiary/aromatic N) is 2. The molecule has 3 rings (SSSR count). The second kappa shape index (κ2) is 5.56. The molecule has 1 atom stereocenters. The molecule has 1 aliphatic heterocycles. The normalized spacial score (nSPS) is 25.5. The monoisotopic (exact) mass is 332 g/mol. The van der Waals surface area contributed by atoms with Crippen LogP contribution in [0.4, 0.5) is 0 Å². The molecule has 2 heterocycles. The van der Waals surface area contributed by atoms with E-state index in [0.29, 0.717) is 6.42 Å². The van der Waals surface area contributed by atoms with Crippen molar-refractivity contribution in [3.8, 4) is 0 Å². The average Bonchev–Trinajstić information content (AvgIpc) is 3.05. The molecule has 0 radical (unpaired) electrons. The molecule has 2 fully saturated rings. The van der Waals surface area contributed by atoms with E-state index in [0.717, 1.165) is 38.1 Å². The molecule has 0 bridgehead atoms. The lowest BCUT2D eigenvalue weighted by atomic mass is 9.88. The zero-order chi connectivity index (χ0) is 15.1. The van der Waals surface area contributed by atoms with Crippen molar-refractivity contribution in [1.29, 1.82) is 0 Å². The minimum atomic E-state index is -3.77. The zero-order valence-electron chi connectivity index (χ0n) is 12.2. The number of rotatable bonds is 3. The molecule has 2 aliphatic rings. The summed E-state index contributed by atoms with van der Waals surface area (Å²) in [5.41, 5.74) is -0.00178. The Hall–Kier alpha value is -0.590. The Kier molecular flexibility index (Phi) is 4.05. The van der Waals surface area contributed by atoms with Crippen molar-refractivity contribution in [3.05, 3.63) is 12.0 Å². The van der Waals surface area contributed by atoms with E-state index in [4.69, 9.17) is 15.4 Å². The van der Waals surface area contributed by atoms with Crippen molar-refractivity contribution in [3.63, 3.8) is 0 Å². The first kappa shape index (κ1) is 15.3. The van der Waals surface area contributed by atoms with Gasteiger partial charge < -0.3 is 9.30 Å². The molecule has 0 amide bonds. The van der Waals surface area contributed by atoms with Gasteiger partial charge in [-0.25, -0.2) is 13.4 Å². The third kappa shape index (κ3) is 2.98. The highest BCUT2D eigenvalue weighted by Gasteiger charge is 2.41. The van der Waals surface area contributed by atoms with E-state index in [1.807, 2.05) is 11.5 Å². The van der Waals surface area contributed by atoms with E-state index in [1.165, 1.54) is 12.8 Å². The zero-order valence-corrected chi connectivity index (χ0v) is 13.8. The third-order valence-corrected chi connectivity index (χ3v) is 5.90. The van der Waals surface area contributed by atoms with Crippen LogP contribution in [0, 0.1) is 0 Å². The lowest BCUT2D eigenvalue weighted by Crippen LogP contribution is -2.38. The molecule has 7 heteroatoms. The maximum absolute atomic E-state index is 11.5. The first-order chi connectivity index (χ1) is 9.93. The van der Waals surface area contributed by atoms with E-state index < -0.39 is 9.05 Å². The van der Waals surface area contributed by atoms with Crippen LogP contribution in [0.3, 0.4) is 0 Å². The van der Waals surface area contributed by atoms with Crippen LogP contribution in [0.1, 0.15) is 57.3 Å². The maximum Gasteiger partial charge on any atom is 0.280 e. The van der Waals surface area contributed by atoms with Gasteiger partial charge >= 0.3 is 0 Å². The Labute approximate surface area is 130 Å². The fourth-order valence-corrected chi connectivity index (χ4v) is 4.39. The van der Waals surface area contributed by atoms with Crippen molar-refractivity contribution < 1.29 is 13.2 Å². The van der Waals surface area contributed by atoms with Crippen LogP contribution in [0.2, 0.25) is 0 Å². The van der Waals surface area contributed by atoms with E-state index in [-0.39, 0.29) is 16.7 Å². The molecule has 21 heavy (non-hydrogen) atoms. The van der Waals surface area contributed by atoms with Crippen molar-refractivity contribution in [2.75, 3.05) is 6.61 Å². The Morgan fingerprint density at radius 3 is 2.81 bits per heavy atom. The Morgan fingerprint density at radius 1 is 1.48 bits per heavy atom. The van der Waals surface area contributed by atoms with Crippen LogP contribution in [0.15, 0.2) is 11.2 Å². The number of aryl methyl sites for hydroxylation is 1. The fourth-order valence-electron chi connectivity index (χ4n) is 3.71. The Bertz CT molecular complexity index is 620. The van der Waals surface area contributed by atoms with Crippen molar-refractivity contribution in [1.82, 2.24) is 9.55 Å². The number of imidazole rings is 1. The molecular formula is C14H21ClN2O3S. The van der Waals surface area contributed by atoms with Crippen LogP contribution in [-0.4, -0.2) is 30.2 Å². The average molecular weight is 333 g/mol. The van der Waals surface area contributed by atoms with Crippen LogP contribution >= 0.6 is 10.7 Å². The lowest BCUT2D eigenvalue weighted by molar-refractivity contribution is -0.0897. The van der Waals surface area contributed by atoms with Gasteiger partial charge in [-0.15, -0.1) is 0 Å². The first-order valence-corrected chi connectivity index (χ1v) is 9.91. The van der Waals surface area contributed by atoms with Crippen LogP contribution in [0.5, 0.6) is 0 Å². The molecule has 1 unspecified atom stereocenters. The summed E-state index contributed by atoms with van der Waals surface area (Å²) in [6.07, 6.45) is 8.79. The van der Waals surface area contributed by atoms with Gasteiger partial charge in [0.15, 0.2) is 5.03 Å². The second-order valence-corrected chi connectivity index (χ2v) is 8.59. The summed E-state index contributed by atoms with van der Waals surface area (Å²) in [7, 11) is 1.66. The smallest absolute Gasteiger partial charge is 0.280 e. The standard InChI is InChI=1S/C14H21ClN2O3S/c1-2-12-16-13(21(15,18)19)10-17(12)11-5-8-20-14(9-11)6-3-4-7-14/h10-11H,2-9H2,1H3. The van der Waals surface area contributed by atoms with Gasteiger partial charge in [0.1, 0.15) is 5.82 Å². The summed E-state index contributed by atoms with van der Waals surface area (Å²) in [5.74, 6) is 0.786. The summed E-state index contributed by atoms with van der Waals surface area (Å²) < 4.78 is 31.1. The van der Waals surface area contributed by atoms with Crippen molar-refractivity contribution >= 4 is 19.7 Å². The maximum atomic E-state index is 11.5. The SMILES string of the molecule is CCc1nc(S(=O)(=O)Cl)cn1C1CCOC2(CCCC2)C1. The van der Waals surface area contributed by atoms with E-state index in [9.17, 15) is 8.42 Å². The van der Waals surface area contributed by atoms with Crippen molar-refractivity contribution in [2.45, 2.75) is 68.5 Å². The van der Waals surface area contributed by atoms with Gasteiger partial charge in [-0.05, 0) is 25.7 Å². The Balaban J connectivity index is 1.90. The summed E-state index contributed by atoms with van der Waals surface area (Å²) >= 11 is 0. The number of halogens is 1. The molecular weight excluding hydrogens is 312 g/mol. The lowest BCUT2D eigenvalue weighted by Gasteiger charge is -2.39. The summed E-state index contributed by atoms with van der Waals surface area (Å²) in [6.45, 7) is 2.71. The van der Waals surface area contributed by atoms with Crippen LogP contribution in [0.25, 0.3) is 0 Å². The molecule has 5 nitrogen and oxygen atoms in total. The molecule has 1 aromatic rings. The molecule has 1 aromatic heterocycles. The van der Waals surface area contributed by atoms with E-state index in [1.54, 1.807) is 6.20 Å². The quantitative estimate of drug-likeness (QED) is 0.798. The van der Waals surface area contributed by atoms with Crippen LogP contribution in [-0.2, 0) is 20.2 Å². The van der Waals surface area contributed by atoms with Gasteiger partial charge in [0.05, 0.1) is 5.60 Å². The summed E-state index contributed by atoms with van der Waals surface area (Å²) in [5, 5.41) is -0.0343. The predicted molar refractivity (Wildman–Crippen MR) is 80.1 cm³/mol. The highest BCUT2D eigenvalue weighted by atomic mass is 35.7. The minimum absolute atomic E-state index is 0.00178. The topological polar surface area (TPSA) is 61.2 Å². The molecule has 1 spiro atoms. The van der Waals surface area contributed by atoms with Gasteiger partial charge in [0, 0.05) is 35.9 Å². The number of hydrogen-bond acceptors (Lipinski definition) is 4. The Morgan fingerprint density at radius 2 is 2.19 bits per heavy atom. The highest BCUT2D eigenvalue weighted by Crippen LogP contribution is 2.44. The second-order valence-electron chi connectivity index (χ2n) is 6.08. The largest absolute Gasteiger partial charge is 0.375 e. The summed E-state index contributed by atoms with van der Waals surface area (Å²) in [6, 6.07) is 0.256. The van der Waals surface area contributed by atoms with Gasteiger partial charge in [-0.2, -0.15) is 0 Å². The third-order valence-electron chi connectivity index (χ3n) is 4.73. The molecule has 1 aliphatic carbocycles. The minimum Gasteiger partial charge on any atom is -0.375 e. The predicted octanol–water partition coefficient (Wildman–Crippen LogP) is 3.04. The van der Waals surface area contributed by atoms with Crippen LogP contribution < -0.4 is 0 Å². The van der Waals surface area contributed by atoms with Gasteiger partial charge in [0.2, 0.25) is 0 Å². The first-order valence-electron chi connectivity index (χ1n) is 7.60. The summed E-state index contributed by atoms with van der Waals surface area (Å²) in [4.78, 5) is 4.19.